The lowest BCUT2D eigenvalue weighted by atomic mass is 10.2. The molecule has 3 N–H and O–H groups in total. The van der Waals surface area contributed by atoms with Crippen LogP contribution in [-0.2, 0) is 14.4 Å². The van der Waals surface area contributed by atoms with Crippen LogP contribution in [0.25, 0.3) is 0 Å². The molecule has 1 fully saturated rings. The van der Waals surface area contributed by atoms with E-state index in [1.54, 1.807) is 24.3 Å². The van der Waals surface area contributed by atoms with Gasteiger partial charge in [-0.05, 0) is 61.7 Å². The van der Waals surface area contributed by atoms with Gasteiger partial charge in [0.15, 0.2) is 6.61 Å². The van der Waals surface area contributed by atoms with Crippen molar-refractivity contribution in [3.63, 3.8) is 0 Å². The van der Waals surface area contributed by atoms with Gasteiger partial charge in [0.25, 0.3) is 5.91 Å². The Labute approximate surface area is 181 Å². The number of ether oxygens (including phenoxy) is 1. The summed E-state index contributed by atoms with van der Waals surface area (Å²) >= 11 is 0. The van der Waals surface area contributed by atoms with Crippen LogP contribution in [0, 0.1) is 6.92 Å². The first kappa shape index (κ1) is 22.0. The minimum Gasteiger partial charge on any atom is -0.484 e. The van der Waals surface area contributed by atoms with Gasteiger partial charge in [0.05, 0.1) is 6.21 Å². The SMILES string of the molecule is Cc1ccc(NC(=O)COc2ccc(/C=N\NC(=O)C(=O)NC3CCCC3)cc2)cc1. The van der Waals surface area contributed by atoms with Gasteiger partial charge in [-0.15, -0.1) is 0 Å². The average molecular weight is 422 g/mol. The fraction of sp³-hybridized carbons (Fsp3) is 0.304. The predicted molar refractivity (Wildman–Crippen MR) is 118 cm³/mol. The van der Waals surface area contributed by atoms with Crippen molar-refractivity contribution in [1.29, 1.82) is 0 Å². The summed E-state index contributed by atoms with van der Waals surface area (Å²) in [5.41, 5.74) is 4.75. The third kappa shape index (κ3) is 7.26. The first-order chi connectivity index (χ1) is 15.0. The number of hydrazone groups is 1. The lowest BCUT2D eigenvalue weighted by molar-refractivity contribution is -0.139. The standard InChI is InChI=1S/C23H26N4O4/c1-16-6-10-19(11-7-16)25-21(28)15-31-20-12-8-17(9-13-20)14-24-27-23(30)22(29)26-18-4-2-3-5-18/h6-14,18H,2-5,15H2,1H3,(H,25,28)(H,26,29)(H,27,30)/b24-14-. The quantitative estimate of drug-likeness (QED) is 0.362. The maximum absolute atomic E-state index is 12.0. The predicted octanol–water partition coefficient (Wildman–Crippen LogP) is 2.52. The van der Waals surface area contributed by atoms with Gasteiger partial charge in [-0.25, -0.2) is 5.43 Å². The van der Waals surface area contributed by atoms with Crippen LogP contribution >= 0.6 is 0 Å². The van der Waals surface area contributed by atoms with E-state index in [2.05, 4.69) is 21.2 Å². The molecule has 2 aromatic carbocycles. The van der Waals surface area contributed by atoms with E-state index >= 15 is 0 Å². The molecule has 0 spiro atoms. The normalized spacial score (nSPS) is 13.7. The van der Waals surface area contributed by atoms with Crippen LogP contribution in [-0.4, -0.2) is 36.6 Å². The second-order valence-corrected chi connectivity index (χ2v) is 7.43. The average Bonchev–Trinajstić information content (AvgIpc) is 3.28. The van der Waals surface area contributed by atoms with E-state index in [9.17, 15) is 14.4 Å². The highest BCUT2D eigenvalue weighted by Gasteiger charge is 2.20. The molecule has 0 unspecified atom stereocenters. The Morgan fingerprint density at radius 2 is 1.68 bits per heavy atom. The number of benzene rings is 2. The van der Waals surface area contributed by atoms with E-state index in [1.165, 1.54) is 6.21 Å². The van der Waals surface area contributed by atoms with Crippen molar-refractivity contribution in [1.82, 2.24) is 10.7 Å². The first-order valence-corrected chi connectivity index (χ1v) is 10.2. The molecule has 0 atom stereocenters. The summed E-state index contributed by atoms with van der Waals surface area (Å²) in [5.74, 6) is -1.19. The highest BCUT2D eigenvalue weighted by atomic mass is 16.5. The van der Waals surface area contributed by atoms with Crippen LogP contribution in [0.4, 0.5) is 5.69 Å². The molecule has 3 rings (SSSR count). The number of hydrogen-bond donors (Lipinski definition) is 3. The Morgan fingerprint density at radius 3 is 2.35 bits per heavy atom. The summed E-state index contributed by atoms with van der Waals surface area (Å²) in [5, 5.41) is 9.27. The Kier molecular flexibility index (Phi) is 7.75. The molecule has 0 saturated heterocycles. The number of amides is 3. The van der Waals surface area contributed by atoms with Gasteiger partial charge >= 0.3 is 11.8 Å². The molecule has 1 aliphatic carbocycles. The minimum absolute atomic E-state index is 0.0775. The van der Waals surface area contributed by atoms with E-state index in [1.807, 2.05) is 31.2 Å². The van der Waals surface area contributed by atoms with Crippen molar-refractivity contribution in [2.45, 2.75) is 38.6 Å². The maximum Gasteiger partial charge on any atom is 0.329 e. The molecule has 8 nitrogen and oxygen atoms in total. The van der Waals surface area contributed by atoms with Crippen molar-refractivity contribution < 1.29 is 19.1 Å². The zero-order chi connectivity index (χ0) is 22.1. The van der Waals surface area contributed by atoms with E-state index in [-0.39, 0.29) is 18.6 Å². The summed E-state index contributed by atoms with van der Waals surface area (Å²) in [6.07, 6.45) is 5.38. The molecule has 1 aliphatic rings. The zero-order valence-electron chi connectivity index (χ0n) is 17.4. The van der Waals surface area contributed by atoms with Crippen molar-refractivity contribution in [2.75, 3.05) is 11.9 Å². The van der Waals surface area contributed by atoms with Gasteiger partial charge < -0.3 is 15.4 Å². The van der Waals surface area contributed by atoms with Gasteiger partial charge in [0, 0.05) is 11.7 Å². The molecule has 2 aromatic rings. The first-order valence-electron chi connectivity index (χ1n) is 10.2. The molecule has 8 heteroatoms. The molecular formula is C23H26N4O4. The van der Waals surface area contributed by atoms with E-state index in [4.69, 9.17) is 4.74 Å². The summed E-state index contributed by atoms with van der Waals surface area (Å²) in [6.45, 7) is 1.86. The molecule has 1 saturated carbocycles. The van der Waals surface area contributed by atoms with E-state index in [0.29, 0.717) is 17.0 Å². The van der Waals surface area contributed by atoms with Crippen LogP contribution < -0.4 is 20.8 Å². The molecular weight excluding hydrogens is 396 g/mol. The molecule has 0 bridgehead atoms. The maximum atomic E-state index is 12.0. The van der Waals surface area contributed by atoms with Gasteiger partial charge in [-0.2, -0.15) is 5.10 Å². The van der Waals surface area contributed by atoms with E-state index in [0.717, 1.165) is 31.2 Å². The Bertz CT molecular complexity index is 933. The molecule has 0 aliphatic heterocycles. The van der Waals surface area contributed by atoms with Crippen LogP contribution in [0.1, 0.15) is 36.8 Å². The lowest BCUT2D eigenvalue weighted by Gasteiger charge is -2.10. The number of aryl methyl sites for hydroxylation is 1. The van der Waals surface area contributed by atoms with Gasteiger partial charge in [0.2, 0.25) is 0 Å². The van der Waals surface area contributed by atoms with Crippen molar-refractivity contribution in [3.05, 3.63) is 59.7 Å². The third-order valence-electron chi connectivity index (χ3n) is 4.86. The monoisotopic (exact) mass is 422 g/mol. The summed E-state index contributed by atoms with van der Waals surface area (Å²) in [7, 11) is 0. The highest BCUT2D eigenvalue weighted by Crippen LogP contribution is 2.17. The Hall–Kier alpha value is -3.68. The van der Waals surface area contributed by atoms with Crippen LogP contribution in [0.5, 0.6) is 5.75 Å². The summed E-state index contributed by atoms with van der Waals surface area (Å²) in [4.78, 5) is 35.6. The van der Waals surface area contributed by atoms with Crippen LogP contribution in [0.2, 0.25) is 0 Å². The second-order valence-electron chi connectivity index (χ2n) is 7.43. The van der Waals surface area contributed by atoms with Gasteiger partial charge in [0.1, 0.15) is 5.75 Å². The number of anilines is 1. The third-order valence-corrected chi connectivity index (χ3v) is 4.86. The highest BCUT2D eigenvalue weighted by molar-refractivity contribution is 6.35. The number of carbonyl (C=O) groups excluding carboxylic acids is 3. The largest absolute Gasteiger partial charge is 0.484 e. The Morgan fingerprint density at radius 1 is 1.00 bits per heavy atom. The summed E-state index contributed by atoms with van der Waals surface area (Å²) < 4.78 is 5.48. The van der Waals surface area contributed by atoms with Gasteiger partial charge in [-0.3, -0.25) is 14.4 Å². The second kappa shape index (κ2) is 10.9. The van der Waals surface area contributed by atoms with Crippen molar-refractivity contribution in [3.8, 4) is 5.75 Å². The topological polar surface area (TPSA) is 109 Å². The molecule has 162 valence electrons. The molecule has 3 amide bonds. The fourth-order valence-corrected chi connectivity index (χ4v) is 3.17. The van der Waals surface area contributed by atoms with Crippen LogP contribution in [0.15, 0.2) is 53.6 Å². The van der Waals surface area contributed by atoms with Gasteiger partial charge in [-0.1, -0.05) is 30.5 Å². The number of nitrogens with one attached hydrogen (secondary N) is 3. The molecule has 0 aromatic heterocycles. The molecule has 31 heavy (non-hydrogen) atoms. The molecule has 0 radical (unpaired) electrons. The van der Waals surface area contributed by atoms with E-state index < -0.39 is 11.8 Å². The lowest BCUT2D eigenvalue weighted by Crippen LogP contribution is -2.42. The van der Waals surface area contributed by atoms with Crippen molar-refractivity contribution in [2.24, 2.45) is 5.10 Å². The number of carbonyl (C=O) groups is 3. The minimum atomic E-state index is -0.789. The zero-order valence-corrected chi connectivity index (χ0v) is 17.4. The number of rotatable bonds is 7. The molecule has 0 heterocycles. The summed E-state index contributed by atoms with van der Waals surface area (Å²) in [6, 6.07) is 14.4. The number of nitrogens with zero attached hydrogens (tertiary/aromatic N) is 1. The number of hydrogen-bond acceptors (Lipinski definition) is 5. The fourth-order valence-electron chi connectivity index (χ4n) is 3.17. The smallest absolute Gasteiger partial charge is 0.329 e. The van der Waals surface area contributed by atoms with Crippen molar-refractivity contribution >= 4 is 29.6 Å². The van der Waals surface area contributed by atoms with Crippen LogP contribution in [0.3, 0.4) is 0 Å². The Balaban J connectivity index is 1.39.